The third-order valence-corrected chi connectivity index (χ3v) is 29.4. The van der Waals surface area contributed by atoms with E-state index in [4.69, 9.17) is 28.4 Å². The third kappa shape index (κ3) is 10.8. The van der Waals surface area contributed by atoms with E-state index in [1.54, 1.807) is 62.4 Å². The van der Waals surface area contributed by atoms with E-state index in [-0.39, 0.29) is 35.4 Å². The SMILES string of the molecule is COC(=O)C(=C(C)C(OC)OC)N1C(=O)C(NC(=O)Cc2ccccc2)C1[S][Hg][S]C1C(NC(=O)Cc2ccccc2)C(=O)N1C(C(=O)OC)=C(C)C(OC)OC. The number of rotatable bonds is 20. The number of esters is 2. The molecule has 16 nitrogen and oxygen atoms in total. The molecule has 19 heteroatoms. The summed E-state index contributed by atoms with van der Waals surface area (Å²) >= 11 is -2.51. The van der Waals surface area contributed by atoms with Gasteiger partial charge in [0, 0.05) is 0 Å². The van der Waals surface area contributed by atoms with Crippen molar-refractivity contribution in [1.82, 2.24) is 20.4 Å². The van der Waals surface area contributed by atoms with E-state index < -0.39 is 92.5 Å². The number of β-lactam (4-membered cyclic amide) rings is 2. The summed E-state index contributed by atoms with van der Waals surface area (Å²) in [5.74, 6) is -3.49. The van der Waals surface area contributed by atoms with Crippen LogP contribution in [0, 0.1) is 0 Å². The minimum absolute atomic E-state index is 0.0185. The van der Waals surface area contributed by atoms with Crippen molar-refractivity contribution in [3.05, 3.63) is 94.3 Å². The second-order valence-electron chi connectivity index (χ2n) is 12.7. The standard InChI is InChI=1S/2C19H24N2O6S.Hg/c2*1-11(19(26-3)27-4)15(18(24)25-2)21-16(23)14(17(21)28)20-13(22)10-12-8-6-5-7-9-12;/h2*5-9,14,17,19,28H,10H2,1-4H3,(H,20,22);/q;;+2/p-2. The molecule has 2 saturated heterocycles. The van der Waals surface area contributed by atoms with Crippen LogP contribution < -0.4 is 10.6 Å². The molecule has 4 amide bonds. The van der Waals surface area contributed by atoms with E-state index in [1.807, 2.05) is 12.1 Å². The Hall–Kier alpha value is -3.78. The van der Waals surface area contributed by atoms with E-state index in [1.165, 1.54) is 68.9 Å². The molecule has 0 aliphatic carbocycles. The van der Waals surface area contributed by atoms with E-state index in [0.717, 1.165) is 11.1 Å². The number of carbonyl (C=O) groups excluding carboxylic acids is 6. The molecular formula is C38H46HgN4O12S2. The van der Waals surface area contributed by atoms with Gasteiger partial charge < -0.3 is 0 Å². The third-order valence-electron chi connectivity index (χ3n) is 9.16. The molecule has 2 N–H and O–H groups in total. The summed E-state index contributed by atoms with van der Waals surface area (Å²) in [4.78, 5) is 83.5. The van der Waals surface area contributed by atoms with E-state index in [9.17, 15) is 28.8 Å². The summed E-state index contributed by atoms with van der Waals surface area (Å²) in [7, 11) is 10.7. The van der Waals surface area contributed by atoms with Crippen LogP contribution in [0.5, 0.6) is 0 Å². The van der Waals surface area contributed by atoms with Crippen molar-refractivity contribution in [2.45, 2.75) is 62.1 Å². The number of nitrogens with zero attached hydrogens (tertiary/aromatic N) is 2. The van der Waals surface area contributed by atoms with Crippen LogP contribution in [-0.2, 0) is 91.6 Å². The number of hydrogen-bond acceptors (Lipinski definition) is 14. The second kappa shape index (κ2) is 21.8. The summed E-state index contributed by atoms with van der Waals surface area (Å²) in [6.07, 6.45) is -1.95. The number of benzene rings is 2. The molecule has 304 valence electrons. The molecule has 2 aromatic carbocycles. The van der Waals surface area contributed by atoms with Crippen LogP contribution in [0.25, 0.3) is 0 Å². The Morgan fingerprint density at radius 2 is 0.947 bits per heavy atom. The first-order valence-corrected chi connectivity index (χ1v) is 33.2. The second-order valence-corrected chi connectivity index (χ2v) is 31.3. The first-order valence-electron chi connectivity index (χ1n) is 17.6. The molecule has 2 aliphatic rings. The molecule has 4 unspecified atom stereocenters. The molecule has 4 rings (SSSR count). The van der Waals surface area contributed by atoms with Crippen LogP contribution in [-0.4, -0.2) is 123 Å². The summed E-state index contributed by atoms with van der Waals surface area (Å²) in [5, 5.41) is 4.17. The Morgan fingerprint density at radius 3 is 1.25 bits per heavy atom. The van der Waals surface area contributed by atoms with Crippen LogP contribution in [0.4, 0.5) is 0 Å². The van der Waals surface area contributed by atoms with Crippen molar-refractivity contribution in [1.29, 1.82) is 0 Å². The summed E-state index contributed by atoms with van der Waals surface area (Å²) < 4.78 is 31.8. The maximum atomic E-state index is 13.9. The van der Waals surface area contributed by atoms with Crippen molar-refractivity contribution in [3.63, 3.8) is 0 Å². The van der Waals surface area contributed by atoms with Crippen LogP contribution in [0.1, 0.15) is 25.0 Å². The van der Waals surface area contributed by atoms with Crippen molar-refractivity contribution in [3.8, 4) is 0 Å². The molecule has 0 bridgehead atoms. The zero-order valence-electron chi connectivity index (χ0n) is 33.0. The Labute approximate surface area is 348 Å². The zero-order valence-corrected chi connectivity index (χ0v) is 40.1. The van der Waals surface area contributed by atoms with Crippen LogP contribution >= 0.6 is 16.5 Å². The fraction of sp³-hybridized carbons (Fsp3) is 0.421. The van der Waals surface area contributed by atoms with Crippen molar-refractivity contribution in [2.75, 3.05) is 42.7 Å². The molecule has 2 aliphatic heterocycles. The fourth-order valence-corrected chi connectivity index (χ4v) is 29.8. The van der Waals surface area contributed by atoms with Gasteiger partial charge in [-0.1, -0.05) is 0 Å². The van der Waals surface area contributed by atoms with Gasteiger partial charge in [0.15, 0.2) is 0 Å². The van der Waals surface area contributed by atoms with Gasteiger partial charge in [-0.3, -0.25) is 0 Å². The first kappa shape index (κ1) is 45.9. The Balaban J connectivity index is 1.68. The summed E-state index contributed by atoms with van der Waals surface area (Å²) in [6, 6.07) is 16.1. The summed E-state index contributed by atoms with van der Waals surface area (Å²) in [6.45, 7) is 3.16. The number of amides is 4. The zero-order chi connectivity index (χ0) is 41.8. The number of hydrogen-bond donors (Lipinski definition) is 2. The summed E-state index contributed by atoms with van der Waals surface area (Å²) in [5.41, 5.74) is 1.85. The van der Waals surface area contributed by atoms with Gasteiger partial charge in [-0.2, -0.15) is 0 Å². The molecule has 2 heterocycles. The molecule has 4 atom stereocenters. The molecule has 57 heavy (non-hydrogen) atoms. The molecule has 0 saturated carbocycles. The molecule has 0 radical (unpaired) electrons. The van der Waals surface area contributed by atoms with E-state index >= 15 is 0 Å². The van der Waals surface area contributed by atoms with Crippen LogP contribution in [0.15, 0.2) is 83.2 Å². The van der Waals surface area contributed by atoms with Crippen molar-refractivity contribution >= 4 is 52.1 Å². The van der Waals surface area contributed by atoms with E-state index in [2.05, 4.69) is 10.6 Å². The predicted molar refractivity (Wildman–Crippen MR) is 206 cm³/mol. The molecule has 0 spiro atoms. The monoisotopic (exact) mass is 1020 g/mol. The molecule has 0 aromatic heterocycles. The quantitative estimate of drug-likeness (QED) is 0.0647. The predicted octanol–water partition coefficient (Wildman–Crippen LogP) is 2.29. The number of nitrogens with one attached hydrogen (secondary N) is 2. The minimum atomic E-state index is -2.51. The van der Waals surface area contributed by atoms with E-state index in [0.29, 0.717) is 0 Å². The van der Waals surface area contributed by atoms with Crippen molar-refractivity contribution in [2.24, 2.45) is 0 Å². The Kier molecular flexibility index (Phi) is 17.6. The van der Waals surface area contributed by atoms with Gasteiger partial charge in [0.2, 0.25) is 0 Å². The topological polar surface area (TPSA) is 188 Å². The number of likely N-dealkylation sites (tertiary alicyclic amines) is 2. The van der Waals surface area contributed by atoms with Crippen LogP contribution in [0.2, 0.25) is 0 Å². The molecular weight excluding hydrogens is 969 g/mol. The average molecular weight is 1020 g/mol. The van der Waals surface area contributed by atoms with Crippen LogP contribution in [0.3, 0.4) is 0 Å². The number of methoxy groups -OCH3 is 6. The van der Waals surface area contributed by atoms with Gasteiger partial charge in [-0.25, -0.2) is 0 Å². The fourth-order valence-electron chi connectivity index (χ4n) is 6.42. The van der Waals surface area contributed by atoms with Gasteiger partial charge in [0.1, 0.15) is 0 Å². The van der Waals surface area contributed by atoms with Crippen molar-refractivity contribution < 1.29 is 78.7 Å². The van der Waals surface area contributed by atoms with Gasteiger partial charge in [0.25, 0.3) is 0 Å². The van der Waals surface area contributed by atoms with Gasteiger partial charge >= 0.3 is 350 Å². The number of carbonyl (C=O) groups is 6. The molecule has 2 aromatic rings. The Morgan fingerprint density at radius 1 is 0.614 bits per heavy atom. The molecule has 2 fully saturated rings. The van der Waals surface area contributed by atoms with Gasteiger partial charge in [-0.15, -0.1) is 0 Å². The first-order chi connectivity index (χ1) is 27.4. The average Bonchev–Trinajstić information content (AvgIpc) is 3.22. The van der Waals surface area contributed by atoms with Gasteiger partial charge in [-0.05, 0) is 0 Å². The van der Waals surface area contributed by atoms with Gasteiger partial charge in [0.05, 0.1) is 0 Å². The maximum absolute atomic E-state index is 13.9. The number of ether oxygens (including phenoxy) is 6. The Bertz CT molecular complexity index is 1710. The normalized spacial score (nSPS) is 19.8.